The van der Waals surface area contributed by atoms with Gasteiger partial charge in [0.15, 0.2) is 11.6 Å². The van der Waals surface area contributed by atoms with E-state index in [1.165, 1.54) is 17.4 Å². The Balaban J connectivity index is 1.89. The molecule has 0 aliphatic heterocycles. The lowest BCUT2D eigenvalue weighted by Crippen LogP contribution is -2.25. The number of nitrogens with zero attached hydrogens (tertiary/aromatic N) is 1. The Morgan fingerprint density at radius 3 is 2.73 bits per heavy atom. The molecule has 3 rings (SSSR count). The molecule has 0 aliphatic carbocycles. The minimum Gasteiger partial charge on any atom is -0.396 e. The van der Waals surface area contributed by atoms with Gasteiger partial charge in [-0.15, -0.1) is 11.3 Å². The van der Waals surface area contributed by atoms with Crippen LogP contribution in [0.4, 0.5) is 8.78 Å². The molecule has 7 heteroatoms. The van der Waals surface area contributed by atoms with Crippen LogP contribution in [0.3, 0.4) is 0 Å². The third kappa shape index (κ3) is 3.95. The van der Waals surface area contributed by atoms with Gasteiger partial charge in [0.1, 0.15) is 5.01 Å². The number of amides is 1. The fraction of sp³-hybridized carbons (Fsp3) is 0.158. The van der Waals surface area contributed by atoms with E-state index in [0.29, 0.717) is 39.5 Å². The van der Waals surface area contributed by atoms with Crippen molar-refractivity contribution in [2.24, 2.45) is 0 Å². The summed E-state index contributed by atoms with van der Waals surface area (Å²) < 4.78 is 26.6. The number of aliphatic hydroxyl groups excluding tert-OH is 1. The van der Waals surface area contributed by atoms with Gasteiger partial charge >= 0.3 is 0 Å². The fourth-order valence-corrected chi connectivity index (χ4v) is 3.38. The highest BCUT2D eigenvalue weighted by molar-refractivity contribution is 7.18. The largest absolute Gasteiger partial charge is 0.396 e. The summed E-state index contributed by atoms with van der Waals surface area (Å²) in [4.78, 5) is 17.4. The molecule has 1 amide bonds. The second-order valence-corrected chi connectivity index (χ2v) is 6.57. The summed E-state index contributed by atoms with van der Waals surface area (Å²) in [6, 6.07) is 10.7. The van der Waals surface area contributed by atoms with Crippen LogP contribution in [0.5, 0.6) is 0 Å². The van der Waals surface area contributed by atoms with Crippen LogP contribution in [0.2, 0.25) is 0 Å². The number of aromatic nitrogens is 1. The average molecular weight is 374 g/mol. The Morgan fingerprint density at radius 1 is 1.15 bits per heavy atom. The van der Waals surface area contributed by atoms with E-state index < -0.39 is 11.6 Å². The number of aliphatic hydroxyl groups is 1. The zero-order chi connectivity index (χ0) is 18.5. The van der Waals surface area contributed by atoms with E-state index in [1.807, 2.05) is 0 Å². The maximum absolute atomic E-state index is 13.5. The minimum atomic E-state index is -0.916. The Hall–Kier alpha value is -2.64. The molecular weight excluding hydrogens is 358 g/mol. The van der Waals surface area contributed by atoms with E-state index in [0.717, 1.165) is 12.1 Å². The molecule has 134 valence electrons. The van der Waals surface area contributed by atoms with Crippen LogP contribution in [-0.4, -0.2) is 29.1 Å². The third-order valence-electron chi connectivity index (χ3n) is 3.73. The molecule has 0 aliphatic rings. The average Bonchev–Trinajstić information content (AvgIpc) is 3.14. The summed E-state index contributed by atoms with van der Waals surface area (Å²) in [5.74, 6) is -2.07. The van der Waals surface area contributed by atoms with Crippen LogP contribution >= 0.6 is 11.3 Å². The van der Waals surface area contributed by atoms with Gasteiger partial charge in [-0.3, -0.25) is 4.79 Å². The van der Waals surface area contributed by atoms with Crippen molar-refractivity contribution in [2.45, 2.75) is 6.42 Å². The lowest BCUT2D eigenvalue weighted by molar-refractivity contribution is 0.0952. The monoisotopic (exact) mass is 374 g/mol. The van der Waals surface area contributed by atoms with Crippen LogP contribution in [0.15, 0.2) is 48.7 Å². The Kier molecular flexibility index (Phi) is 5.70. The van der Waals surface area contributed by atoms with Crippen molar-refractivity contribution in [1.82, 2.24) is 10.3 Å². The normalized spacial score (nSPS) is 10.7. The fourth-order valence-electron chi connectivity index (χ4n) is 2.43. The smallest absolute Gasteiger partial charge is 0.252 e. The Bertz CT molecular complexity index is 927. The van der Waals surface area contributed by atoms with Crippen LogP contribution in [0.25, 0.3) is 21.0 Å². The topological polar surface area (TPSA) is 62.2 Å². The summed E-state index contributed by atoms with van der Waals surface area (Å²) >= 11 is 1.29. The van der Waals surface area contributed by atoms with Gasteiger partial charge in [0.2, 0.25) is 0 Å². The predicted octanol–water partition coefficient (Wildman–Crippen LogP) is 3.87. The molecule has 0 fully saturated rings. The molecule has 2 N–H and O–H groups in total. The first-order valence-corrected chi connectivity index (χ1v) is 8.81. The summed E-state index contributed by atoms with van der Waals surface area (Å²) in [7, 11) is 0. The SMILES string of the molecule is O=C(NCCCO)c1ccccc1-c1ncc(-c2ccc(F)c(F)c2)s1. The number of hydrogen-bond acceptors (Lipinski definition) is 4. The number of nitrogens with one attached hydrogen (secondary N) is 1. The van der Waals surface area contributed by atoms with Gasteiger partial charge in [-0.05, 0) is 30.2 Å². The van der Waals surface area contributed by atoms with E-state index in [2.05, 4.69) is 10.3 Å². The summed E-state index contributed by atoms with van der Waals surface area (Å²) in [5, 5.41) is 12.2. The molecule has 0 saturated carbocycles. The first-order valence-electron chi connectivity index (χ1n) is 8.00. The maximum atomic E-state index is 13.5. The highest BCUT2D eigenvalue weighted by Gasteiger charge is 2.15. The lowest BCUT2D eigenvalue weighted by atomic mass is 10.1. The van der Waals surface area contributed by atoms with Crippen LogP contribution in [0, 0.1) is 11.6 Å². The first kappa shape index (κ1) is 18.2. The molecule has 1 heterocycles. The van der Waals surface area contributed by atoms with Crippen molar-refractivity contribution in [3.8, 4) is 21.0 Å². The standard InChI is InChI=1S/C19H16F2N2O2S/c20-15-7-6-12(10-16(15)21)17-11-23-19(26-17)14-5-2-1-4-13(14)18(25)22-8-3-9-24/h1-2,4-7,10-11,24H,3,8-9H2,(H,22,25). The third-order valence-corrected chi connectivity index (χ3v) is 4.81. The molecule has 0 unspecified atom stereocenters. The number of benzene rings is 2. The quantitative estimate of drug-likeness (QED) is 0.644. The van der Waals surface area contributed by atoms with Crippen molar-refractivity contribution in [3.05, 3.63) is 65.9 Å². The van der Waals surface area contributed by atoms with Crippen molar-refractivity contribution < 1.29 is 18.7 Å². The molecule has 3 aromatic rings. The molecule has 26 heavy (non-hydrogen) atoms. The van der Waals surface area contributed by atoms with E-state index in [4.69, 9.17) is 5.11 Å². The molecule has 1 aromatic heterocycles. The number of thiazole rings is 1. The van der Waals surface area contributed by atoms with E-state index >= 15 is 0 Å². The van der Waals surface area contributed by atoms with Crippen molar-refractivity contribution >= 4 is 17.2 Å². The van der Waals surface area contributed by atoms with Gasteiger partial charge in [0.25, 0.3) is 5.91 Å². The van der Waals surface area contributed by atoms with Crippen LogP contribution in [0.1, 0.15) is 16.8 Å². The van der Waals surface area contributed by atoms with E-state index in [1.54, 1.807) is 30.5 Å². The zero-order valence-electron chi connectivity index (χ0n) is 13.7. The van der Waals surface area contributed by atoms with Crippen LogP contribution in [-0.2, 0) is 0 Å². The highest BCUT2D eigenvalue weighted by atomic mass is 32.1. The number of hydrogen-bond donors (Lipinski definition) is 2. The first-order chi connectivity index (χ1) is 12.6. The Labute approximate surface area is 153 Å². The maximum Gasteiger partial charge on any atom is 0.252 e. The Morgan fingerprint density at radius 2 is 1.96 bits per heavy atom. The van der Waals surface area contributed by atoms with Gasteiger partial charge in [0.05, 0.1) is 4.88 Å². The molecule has 0 bridgehead atoms. The zero-order valence-corrected chi connectivity index (χ0v) is 14.5. The van der Waals surface area contributed by atoms with E-state index in [9.17, 15) is 13.6 Å². The van der Waals surface area contributed by atoms with Crippen molar-refractivity contribution in [3.63, 3.8) is 0 Å². The molecule has 0 spiro atoms. The molecule has 4 nitrogen and oxygen atoms in total. The molecule has 0 saturated heterocycles. The summed E-state index contributed by atoms with van der Waals surface area (Å²) in [6.07, 6.45) is 2.05. The summed E-state index contributed by atoms with van der Waals surface area (Å²) in [6.45, 7) is 0.383. The van der Waals surface area contributed by atoms with Gasteiger partial charge < -0.3 is 10.4 Å². The molecule has 0 radical (unpaired) electrons. The number of carbonyl (C=O) groups excluding carboxylic acids is 1. The molecule has 0 atom stereocenters. The number of halogens is 2. The van der Waals surface area contributed by atoms with Crippen LogP contribution < -0.4 is 5.32 Å². The van der Waals surface area contributed by atoms with Gasteiger partial charge in [-0.25, -0.2) is 13.8 Å². The lowest BCUT2D eigenvalue weighted by Gasteiger charge is -2.08. The predicted molar refractivity (Wildman–Crippen MR) is 96.9 cm³/mol. The second kappa shape index (κ2) is 8.16. The van der Waals surface area contributed by atoms with Gasteiger partial charge in [0, 0.05) is 30.5 Å². The number of rotatable bonds is 6. The molecular formula is C19H16F2N2O2S. The minimum absolute atomic E-state index is 0.00595. The second-order valence-electron chi connectivity index (χ2n) is 5.54. The van der Waals surface area contributed by atoms with Crippen molar-refractivity contribution in [2.75, 3.05) is 13.2 Å². The number of carbonyl (C=O) groups is 1. The molecule has 2 aromatic carbocycles. The van der Waals surface area contributed by atoms with Crippen molar-refractivity contribution in [1.29, 1.82) is 0 Å². The van der Waals surface area contributed by atoms with Gasteiger partial charge in [-0.1, -0.05) is 24.3 Å². The summed E-state index contributed by atoms with van der Waals surface area (Å²) in [5.41, 5.74) is 1.65. The van der Waals surface area contributed by atoms with Gasteiger partial charge in [-0.2, -0.15) is 0 Å². The highest BCUT2D eigenvalue weighted by Crippen LogP contribution is 2.34. The van der Waals surface area contributed by atoms with E-state index in [-0.39, 0.29) is 12.5 Å².